The number of carbonyl (C=O) groups excluding carboxylic acids is 5. The van der Waals surface area contributed by atoms with Gasteiger partial charge < -0.3 is 38.8 Å². The van der Waals surface area contributed by atoms with E-state index < -0.39 is 77.8 Å². The molecule has 0 aromatic heterocycles. The van der Waals surface area contributed by atoms with Crippen molar-refractivity contribution in [2.75, 3.05) is 27.9 Å². The third kappa shape index (κ3) is 14.3. The molecule has 13 nitrogen and oxygen atoms in total. The Bertz CT molecular complexity index is 1750. The highest BCUT2D eigenvalue weighted by molar-refractivity contribution is 6.39. The van der Waals surface area contributed by atoms with Crippen LogP contribution in [0.25, 0.3) is 0 Å². The van der Waals surface area contributed by atoms with Crippen molar-refractivity contribution in [3.8, 4) is 0 Å². The largest absolute Gasteiger partial charge is 0.460 e. The Balaban J connectivity index is 1.70. The van der Waals surface area contributed by atoms with Gasteiger partial charge in [-0.25, -0.2) is 4.79 Å². The van der Waals surface area contributed by atoms with Gasteiger partial charge in [0, 0.05) is 58.5 Å². The molecule has 1 amide bonds. The number of esters is 1. The van der Waals surface area contributed by atoms with E-state index in [2.05, 4.69) is 6.92 Å². The minimum Gasteiger partial charge on any atom is -0.460 e. The topological polar surface area (TPSA) is 175 Å². The monoisotopic (exact) mass is 912 g/mol. The lowest BCUT2D eigenvalue weighted by Gasteiger charge is -2.42. The molecule has 4 rings (SSSR count). The van der Waals surface area contributed by atoms with Crippen molar-refractivity contribution in [2.24, 2.45) is 41.4 Å². The molecule has 3 aliphatic heterocycles. The summed E-state index contributed by atoms with van der Waals surface area (Å²) in [5.41, 5.74) is 1.30. The van der Waals surface area contributed by atoms with E-state index in [0.717, 1.165) is 24.8 Å². The molecular weight excluding hydrogens is 831 g/mol. The van der Waals surface area contributed by atoms with Crippen LogP contribution in [0.2, 0.25) is 0 Å². The van der Waals surface area contributed by atoms with E-state index >= 15 is 0 Å². The van der Waals surface area contributed by atoms with Crippen LogP contribution in [0.3, 0.4) is 0 Å². The van der Waals surface area contributed by atoms with E-state index in [1.165, 1.54) is 12.0 Å². The van der Waals surface area contributed by atoms with Crippen LogP contribution < -0.4 is 0 Å². The van der Waals surface area contributed by atoms with Crippen LogP contribution in [0.1, 0.15) is 132 Å². The molecule has 65 heavy (non-hydrogen) atoms. The van der Waals surface area contributed by atoms with Gasteiger partial charge in [-0.2, -0.15) is 0 Å². The van der Waals surface area contributed by atoms with Crippen LogP contribution >= 0.6 is 0 Å². The van der Waals surface area contributed by atoms with E-state index in [-0.39, 0.29) is 54.8 Å². The molecule has 4 aliphatic rings. The molecule has 13 heteroatoms. The number of cyclic esters (lactones) is 1. The number of hydrogen-bond acceptors (Lipinski definition) is 12. The number of aliphatic hydroxyl groups is 2. The highest BCUT2D eigenvalue weighted by Gasteiger charge is 2.53. The summed E-state index contributed by atoms with van der Waals surface area (Å²) in [7, 11) is 4.70. The number of amides is 1. The second kappa shape index (κ2) is 25.2. The first kappa shape index (κ1) is 54.3. The first-order valence-electron chi connectivity index (χ1n) is 24.2. The number of ether oxygens (including phenoxy) is 5. The predicted molar refractivity (Wildman–Crippen MR) is 248 cm³/mol. The number of ketones is 3. The van der Waals surface area contributed by atoms with E-state index in [1.807, 2.05) is 58.1 Å². The van der Waals surface area contributed by atoms with Gasteiger partial charge in [-0.05, 0) is 113 Å². The maximum Gasteiger partial charge on any atom is 0.329 e. The minimum absolute atomic E-state index is 0.0304. The molecule has 15 atom stereocenters. The van der Waals surface area contributed by atoms with Crippen LogP contribution in [-0.4, -0.2) is 121 Å². The molecule has 3 fully saturated rings. The molecule has 0 aromatic rings. The Morgan fingerprint density at radius 1 is 0.846 bits per heavy atom. The lowest BCUT2D eigenvalue weighted by atomic mass is 9.76. The number of allylic oxidation sites excluding steroid dienone is 6. The van der Waals surface area contributed by atoms with Crippen molar-refractivity contribution in [2.45, 2.75) is 181 Å². The number of nitrogens with zero attached hydrogens (tertiary/aromatic N) is 1. The van der Waals surface area contributed by atoms with E-state index in [0.29, 0.717) is 56.4 Å². The summed E-state index contributed by atoms with van der Waals surface area (Å²) < 4.78 is 29.7. The second-order valence-corrected chi connectivity index (χ2v) is 20.0. The number of fused-ring (bicyclic) bond motifs is 3. The molecule has 2 N–H and O–H groups in total. The summed E-state index contributed by atoms with van der Waals surface area (Å²) in [5.74, 6) is -7.07. The fourth-order valence-electron chi connectivity index (χ4n) is 10.4. The molecule has 0 aromatic carbocycles. The van der Waals surface area contributed by atoms with Crippen molar-refractivity contribution < 1.29 is 57.9 Å². The lowest BCUT2D eigenvalue weighted by molar-refractivity contribution is -0.265. The number of aliphatic hydroxyl groups excluding tert-OH is 1. The number of Topliss-reactive ketones (excluding diaryl/α,β-unsaturated/α-hetero) is 3. The Hall–Kier alpha value is -3.33. The highest BCUT2D eigenvalue weighted by atomic mass is 16.6. The SMILES string of the molecule is COC1C[C@H](C[C@@H](C)[C@@H]2CC(=O)[C@H](C)/C=C(\C)[C@@H](O)[C@@H](OC)C(=O)[C@H](C)C[C@H](C)/C=C/C=C/C=C(\C)[C@@H](OC)C[C@@H]3CC[C@@H](C)[C@@](O)(O3)C(=O)C(=O)N3CCCCC3C(=O)O2)CCC1C. The normalized spacial score (nSPS) is 40.4. The lowest BCUT2D eigenvalue weighted by Crippen LogP contribution is -2.61. The molecule has 3 heterocycles. The summed E-state index contributed by atoms with van der Waals surface area (Å²) in [6.45, 7) is 15.1. The Morgan fingerprint density at radius 3 is 2.25 bits per heavy atom. The third-order valence-electron chi connectivity index (χ3n) is 14.8. The molecule has 0 spiro atoms. The van der Waals surface area contributed by atoms with Crippen molar-refractivity contribution in [3.63, 3.8) is 0 Å². The van der Waals surface area contributed by atoms with Gasteiger partial charge in [0.2, 0.25) is 5.79 Å². The van der Waals surface area contributed by atoms with Gasteiger partial charge in [-0.1, -0.05) is 78.0 Å². The van der Waals surface area contributed by atoms with Crippen LogP contribution in [0.15, 0.2) is 47.6 Å². The Kier molecular flexibility index (Phi) is 21.0. The molecule has 366 valence electrons. The molecule has 1 aliphatic carbocycles. The number of hydrogen-bond donors (Lipinski definition) is 2. The summed E-state index contributed by atoms with van der Waals surface area (Å²) in [6.07, 6.45) is 13.6. The zero-order valence-electron chi connectivity index (χ0n) is 41.2. The first-order chi connectivity index (χ1) is 30.7. The van der Waals surface area contributed by atoms with E-state index in [1.54, 1.807) is 41.1 Å². The van der Waals surface area contributed by atoms with Gasteiger partial charge in [0.1, 0.15) is 30.1 Å². The van der Waals surface area contributed by atoms with E-state index in [9.17, 15) is 34.2 Å². The fourth-order valence-corrected chi connectivity index (χ4v) is 10.4. The van der Waals surface area contributed by atoms with Crippen LogP contribution in [-0.2, 0) is 47.7 Å². The summed E-state index contributed by atoms with van der Waals surface area (Å²) in [5, 5.41) is 23.4. The highest BCUT2D eigenvalue weighted by Crippen LogP contribution is 2.38. The maximum absolute atomic E-state index is 14.4. The van der Waals surface area contributed by atoms with Crippen LogP contribution in [0, 0.1) is 41.4 Å². The average molecular weight is 912 g/mol. The van der Waals surface area contributed by atoms with Crippen molar-refractivity contribution in [1.82, 2.24) is 4.90 Å². The van der Waals surface area contributed by atoms with Gasteiger partial charge >= 0.3 is 5.97 Å². The Morgan fingerprint density at radius 2 is 1.57 bits per heavy atom. The first-order valence-corrected chi connectivity index (χ1v) is 24.2. The van der Waals surface area contributed by atoms with E-state index in [4.69, 9.17) is 23.7 Å². The molecule has 3 unspecified atom stereocenters. The van der Waals surface area contributed by atoms with Crippen molar-refractivity contribution in [3.05, 3.63) is 47.6 Å². The van der Waals surface area contributed by atoms with Crippen LogP contribution in [0.4, 0.5) is 0 Å². The quantitative estimate of drug-likeness (QED) is 0.153. The van der Waals surface area contributed by atoms with Gasteiger partial charge in [0.25, 0.3) is 11.7 Å². The number of rotatable bonds is 6. The van der Waals surface area contributed by atoms with Gasteiger partial charge in [-0.15, -0.1) is 0 Å². The zero-order chi connectivity index (χ0) is 48.2. The second-order valence-electron chi connectivity index (χ2n) is 20.0. The number of methoxy groups -OCH3 is 3. The Labute approximate surface area is 388 Å². The smallest absolute Gasteiger partial charge is 0.329 e. The fraction of sp³-hybridized carbons (Fsp3) is 0.750. The summed E-state index contributed by atoms with van der Waals surface area (Å²) in [4.78, 5) is 71.9. The van der Waals surface area contributed by atoms with Gasteiger partial charge in [0.05, 0.1) is 18.3 Å². The minimum atomic E-state index is -2.41. The van der Waals surface area contributed by atoms with Crippen molar-refractivity contribution >= 4 is 29.2 Å². The van der Waals surface area contributed by atoms with Gasteiger partial charge in [-0.3, -0.25) is 19.2 Å². The number of carbonyl (C=O) groups is 5. The zero-order valence-corrected chi connectivity index (χ0v) is 41.2. The molecule has 0 radical (unpaired) electrons. The molecular formula is C52H81NO12. The maximum atomic E-state index is 14.4. The number of piperidine rings is 1. The average Bonchev–Trinajstić information content (AvgIpc) is 3.28. The summed E-state index contributed by atoms with van der Waals surface area (Å²) >= 11 is 0. The van der Waals surface area contributed by atoms with Crippen molar-refractivity contribution in [1.29, 1.82) is 0 Å². The molecule has 2 saturated heterocycles. The predicted octanol–water partition coefficient (Wildman–Crippen LogP) is 7.46. The molecule has 2 bridgehead atoms. The summed E-state index contributed by atoms with van der Waals surface area (Å²) in [6, 6.07) is -1.11. The standard InChI is InChI=1S/C52H81NO12/c1-31-17-13-12-14-18-32(2)44(62-10)29-40-23-21-38(8)52(60,65-40)49(57)50(58)53-24-16-15-19-41(53)51(59)64-45(35(5)27-39-22-20-33(3)43(28-39)61-9)30-42(54)34(4)26-37(7)47(56)48(63-11)46(55)36(6)25-31/h12-14,17-18,26,31,33-36,38-41,43-45,47-48,56,60H,15-16,19-25,27-30H2,1-11H3/b14-12+,17-13+,32-18+,37-26+/t31-,33?,34-,35-,36-,38-,39+,40+,41?,43?,44+,45+,47-,48+,52-/m1/s1. The molecule has 1 saturated carbocycles. The van der Waals surface area contributed by atoms with Gasteiger partial charge in [0.15, 0.2) is 5.78 Å². The van der Waals surface area contributed by atoms with Crippen LogP contribution in [0.5, 0.6) is 0 Å². The third-order valence-corrected chi connectivity index (χ3v) is 14.8.